The first kappa shape index (κ1) is 19.2. The summed E-state index contributed by atoms with van der Waals surface area (Å²) in [6, 6.07) is 11.3. The first-order valence-corrected chi connectivity index (χ1v) is 9.34. The minimum atomic E-state index is 0.178. The van der Waals surface area contributed by atoms with Crippen molar-refractivity contribution in [2.45, 2.75) is 20.1 Å². The van der Waals surface area contributed by atoms with Gasteiger partial charge in [0.25, 0.3) is 5.95 Å². The number of nitrogens with one attached hydrogen (secondary N) is 1. The van der Waals surface area contributed by atoms with Crippen molar-refractivity contribution in [3.8, 4) is 11.5 Å². The topological polar surface area (TPSA) is 100 Å². The molecule has 0 amide bonds. The molecule has 3 N–H and O–H groups in total. The number of hydrogen-bond donors (Lipinski definition) is 2. The highest BCUT2D eigenvalue weighted by Gasteiger charge is 2.12. The molecule has 0 saturated carbocycles. The van der Waals surface area contributed by atoms with Crippen molar-refractivity contribution in [1.29, 1.82) is 0 Å². The molecule has 0 atom stereocenters. The van der Waals surface area contributed by atoms with Gasteiger partial charge in [-0.25, -0.2) is 0 Å². The number of nitrogens with two attached hydrogens (primary N) is 1. The summed E-state index contributed by atoms with van der Waals surface area (Å²) in [6.45, 7) is 3.25. The monoisotopic (exact) mass is 452 g/mol. The van der Waals surface area contributed by atoms with E-state index in [9.17, 15) is 0 Å². The molecular formula is C17H18BrClN6O2. The molecule has 0 unspecified atom stereocenters. The maximum Gasteiger partial charge on any atom is 0.260 e. The van der Waals surface area contributed by atoms with Crippen LogP contribution in [0.4, 0.5) is 5.95 Å². The summed E-state index contributed by atoms with van der Waals surface area (Å²) in [4.78, 5) is 1.30. The van der Waals surface area contributed by atoms with Gasteiger partial charge in [-0.3, -0.25) is 0 Å². The molecule has 3 rings (SSSR count). The molecule has 142 valence electrons. The molecule has 0 aliphatic carbocycles. The summed E-state index contributed by atoms with van der Waals surface area (Å²) in [6.07, 6.45) is 0. The van der Waals surface area contributed by atoms with E-state index in [1.165, 1.54) is 4.79 Å². The Bertz CT molecular complexity index is 920. The largest absolute Gasteiger partial charge is 0.490 e. The number of nitrogen functional groups attached to an aromatic ring is 1. The second-order valence-corrected chi connectivity index (χ2v) is 6.82. The Morgan fingerprint density at radius 3 is 2.74 bits per heavy atom. The van der Waals surface area contributed by atoms with Gasteiger partial charge in [0.05, 0.1) is 13.2 Å². The predicted molar refractivity (Wildman–Crippen MR) is 106 cm³/mol. The summed E-state index contributed by atoms with van der Waals surface area (Å²) >= 11 is 9.59. The van der Waals surface area contributed by atoms with E-state index in [1.54, 1.807) is 0 Å². The molecular weight excluding hydrogens is 436 g/mol. The van der Waals surface area contributed by atoms with Gasteiger partial charge in [-0.15, -0.1) is 4.79 Å². The van der Waals surface area contributed by atoms with Gasteiger partial charge in [0.15, 0.2) is 11.5 Å². The molecule has 0 spiro atoms. The number of tetrazole rings is 1. The molecule has 1 aromatic heterocycles. The van der Waals surface area contributed by atoms with Crippen LogP contribution in [0, 0.1) is 0 Å². The van der Waals surface area contributed by atoms with Crippen LogP contribution in [-0.4, -0.2) is 26.9 Å². The number of nitrogens with zero attached hydrogens (tertiary/aromatic N) is 4. The average Bonchev–Trinajstić information content (AvgIpc) is 3.05. The van der Waals surface area contributed by atoms with Crippen molar-refractivity contribution in [2.75, 3.05) is 17.8 Å². The molecule has 0 bridgehead atoms. The summed E-state index contributed by atoms with van der Waals surface area (Å²) in [5, 5.41) is 11.5. The van der Waals surface area contributed by atoms with Gasteiger partial charge in [0.1, 0.15) is 6.61 Å². The van der Waals surface area contributed by atoms with E-state index in [1.807, 2.05) is 43.3 Å². The second-order valence-electron chi connectivity index (χ2n) is 5.53. The quantitative estimate of drug-likeness (QED) is 0.539. The van der Waals surface area contributed by atoms with Crippen LogP contribution >= 0.6 is 27.5 Å². The lowest BCUT2D eigenvalue weighted by atomic mass is 10.2. The third kappa shape index (κ3) is 5.01. The van der Waals surface area contributed by atoms with Crippen molar-refractivity contribution in [3.05, 3.63) is 57.0 Å². The van der Waals surface area contributed by atoms with Crippen LogP contribution in [0.25, 0.3) is 0 Å². The average molecular weight is 454 g/mol. The fourth-order valence-electron chi connectivity index (χ4n) is 2.35. The van der Waals surface area contributed by atoms with E-state index in [-0.39, 0.29) is 5.95 Å². The number of ether oxygens (including phenoxy) is 2. The van der Waals surface area contributed by atoms with Crippen LogP contribution in [0.5, 0.6) is 11.5 Å². The molecule has 1 heterocycles. The molecule has 8 nitrogen and oxygen atoms in total. The molecule has 0 aliphatic rings. The Labute approximate surface area is 169 Å². The lowest BCUT2D eigenvalue weighted by molar-refractivity contribution is 0.269. The summed E-state index contributed by atoms with van der Waals surface area (Å²) in [5.41, 5.74) is 10.6. The SMILES string of the molecule is CCOc1cc(CNn2nnnc2N)c(Br)cc1OCc1cccc(Cl)c1. The van der Waals surface area contributed by atoms with Gasteiger partial charge in [0, 0.05) is 9.50 Å². The van der Waals surface area contributed by atoms with Crippen molar-refractivity contribution in [3.63, 3.8) is 0 Å². The second kappa shape index (κ2) is 8.92. The van der Waals surface area contributed by atoms with Crippen LogP contribution in [-0.2, 0) is 13.2 Å². The number of hydrogen-bond acceptors (Lipinski definition) is 7. The zero-order valence-electron chi connectivity index (χ0n) is 14.5. The smallest absolute Gasteiger partial charge is 0.260 e. The maximum atomic E-state index is 6.02. The molecule has 27 heavy (non-hydrogen) atoms. The normalized spacial score (nSPS) is 10.6. The van der Waals surface area contributed by atoms with Crippen molar-refractivity contribution >= 4 is 33.5 Å². The maximum absolute atomic E-state index is 6.02. The van der Waals surface area contributed by atoms with Crippen LogP contribution in [0.2, 0.25) is 5.02 Å². The Morgan fingerprint density at radius 1 is 1.22 bits per heavy atom. The predicted octanol–water partition coefficient (Wildman–Crippen LogP) is 3.39. The number of benzene rings is 2. The third-order valence-electron chi connectivity index (χ3n) is 3.61. The van der Waals surface area contributed by atoms with Crippen molar-refractivity contribution in [1.82, 2.24) is 20.3 Å². The lowest BCUT2D eigenvalue weighted by Gasteiger charge is -2.16. The van der Waals surface area contributed by atoms with E-state index in [4.69, 9.17) is 26.8 Å². The van der Waals surface area contributed by atoms with E-state index >= 15 is 0 Å². The Hall–Kier alpha value is -2.52. The zero-order chi connectivity index (χ0) is 19.2. The number of aromatic nitrogens is 4. The first-order chi connectivity index (χ1) is 13.1. The minimum Gasteiger partial charge on any atom is -0.490 e. The fraction of sp³-hybridized carbons (Fsp3) is 0.235. The molecule has 10 heteroatoms. The van der Waals surface area contributed by atoms with Gasteiger partial charge in [0.2, 0.25) is 0 Å². The zero-order valence-corrected chi connectivity index (χ0v) is 16.9. The van der Waals surface area contributed by atoms with Gasteiger partial charge < -0.3 is 20.6 Å². The highest BCUT2D eigenvalue weighted by Crippen LogP contribution is 2.34. The van der Waals surface area contributed by atoms with Crippen LogP contribution < -0.4 is 20.6 Å². The van der Waals surface area contributed by atoms with Gasteiger partial charge >= 0.3 is 0 Å². The Morgan fingerprint density at radius 2 is 2.04 bits per heavy atom. The molecule has 3 aromatic rings. The van der Waals surface area contributed by atoms with Crippen LogP contribution in [0.15, 0.2) is 40.9 Å². The minimum absolute atomic E-state index is 0.178. The standard InChI is InChI=1S/C17H18BrClN6O2/c1-2-26-15-7-12(9-21-25-17(20)22-23-24-25)14(18)8-16(15)27-10-11-4-3-5-13(19)6-11/h3-8,21H,2,9-10H2,1H3,(H2,20,22,24). The van der Waals surface area contributed by atoms with Gasteiger partial charge in [-0.05, 0) is 52.7 Å². The van der Waals surface area contributed by atoms with Crippen LogP contribution in [0.3, 0.4) is 0 Å². The number of anilines is 1. The van der Waals surface area contributed by atoms with Crippen molar-refractivity contribution in [2.24, 2.45) is 0 Å². The van der Waals surface area contributed by atoms with E-state index in [0.29, 0.717) is 36.3 Å². The Kier molecular flexibility index (Phi) is 6.36. The molecule has 0 fully saturated rings. The number of rotatable bonds is 8. The summed E-state index contributed by atoms with van der Waals surface area (Å²) in [5.74, 6) is 1.45. The highest BCUT2D eigenvalue weighted by atomic mass is 79.9. The van der Waals surface area contributed by atoms with Gasteiger partial charge in [-0.2, -0.15) is 0 Å². The van der Waals surface area contributed by atoms with Gasteiger partial charge in [-0.1, -0.05) is 44.8 Å². The molecule has 0 radical (unpaired) electrons. The van der Waals surface area contributed by atoms with E-state index in [2.05, 4.69) is 36.9 Å². The third-order valence-corrected chi connectivity index (χ3v) is 4.58. The Balaban J connectivity index is 1.75. The lowest BCUT2D eigenvalue weighted by Crippen LogP contribution is -2.18. The summed E-state index contributed by atoms with van der Waals surface area (Å²) in [7, 11) is 0. The number of halogens is 2. The van der Waals surface area contributed by atoms with Crippen molar-refractivity contribution < 1.29 is 9.47 Å². The molecule has 0 saturated heterocycles. The van der Waals surface area contributed by atoms with E-state index < -0.39 is 0 Å². The highest BCUT2D eigenvalue weighted by molar-refractivity contribution is 9.10. The molecule has 0 aliphatic heterocycles. The van der Waals surface area contributed by atoms with E-state index in [0.717, 1.165) is 15.6 Å². The van der Waals surface area contributed by atoms with Crippen LogP contribution in [0.1, 0.15) is 18.1 Å². The first-order valence-electron chi connectivity index (χ1n) is 8.17. The fourth-order valence-corrected chi connectivity index (χ4v) is 3.02. The summed E-state index contributed by atoms with van der Waals surface area (Å²) < 4.78 is 12.5. The molecule has 2 aromatic carbocycles.